The summed E-state index contributed by atoms with van der Waals surface area (Å²) in [6, 6.07) is 0. The first-order valence-electron chi connectivity index (χ1n) is 4.59. The number of carbonyl (C=O) groups excluding carboxylic acids is 1. The van der Waals surface area contributed by atoms with Crippen molar-refractivity contribution in [3.8, 4) is 0 Å². The van der Waals surface area contributed by atoms with Gasteiger partial charge in [-0.3, -0.25) is 4.52 Å². The first kappa shape index (κ1) is 15.4. The van der Waals surface area contributed by atoms with Crippen molar-refractivity contribution in [1.82, 2.24) is 0 Å². The van der Waals surface area contributed by atoms with Crippen LogP contribution in [0.4, 0.5) is 4.79 Å². The second kappa shape index (κ2) is 5.63. The zero-order valence-electron chi connectivity index (χ0n) is 9.67. The second-order valence-electron chi connectivity index (χ2n) is 4.18. The number of rotatable bonds is 4. The van der Waals surface area contributed by atoms with Crippen LogP contribution in [0.2, 0.25) is 0 Å². The monoisotopic (exact) mass is 256 g/mol. The van der Waals surface area contributed by atoms with E-state index in [4.69, 9.17) is 14.5 Å². The summed E-state index contributed by atoms with van der Waals surface area (Å²) in [5.41, 5.74) is -0.676. The average molecular weight is 256 g/mol. The number of ether oxygens (including phenoxy) is 2. The largest absolute Gasteiger partial charge is 0.508 e. The zero-order chi connectivity index (χ0) is 13.0. The maximum Gasteiger partial charge on any atom is 0.508 e. The highest BCUT2D eigenvalue weighted by atomic mass is 31.2. The first-order chi connectivity index (χ1) is 6.99. The minimum Gasteiger partial charge on any atom is -0.432 e. The molecule has 1 atom stereocenters. The minimum absolute atomic E-state index is 0.292. The predicted molar refractivity (Wildman–Crippen MR) is 54.8 cm³/mol. The molecule has 0 aromatic carbocycles. The summed E-state index contributed by atoms with van der Waals surface area (Å²) in [7, 11) is -4.55. The van der Waals surface area contributed by atoms with Gasteiger partial charge in [-0.05, 0) is 27.7 Å². The number of hydrogen-bond donors (Lipinski definition) is 2. The fourth-order valence-corrected chi connectivity index (χ4v) is 1.26. The number of carbonyl (C=O) groups is 1. The van der Waals surface area contributed by atoms with E-state index in [9.17, 15) is 9.36 Å². The molecule has 0 bridgehead atoms. The lowest BCUT2D eigenvalue weighted by atomic mass is 10.2. The molecule has 2 N–H and O–H groups in total. The lowest BCUT2D eigenvalue weighted by Crippen LogP contribution is -2.26. The number of hydrogen-bond acceptors (Lipinski definition) is 5. The van der Waals surface area contributed by atoms with Gasteiger partial charge in [0.25, 0.3) is 0 Å². The fraction of sp³-hybridized carbons (Fsp3) is 0.875. The van der Waals surface area contributed by atoms with Crippen LogP contribution in [0.15, 0.2) is 0 Å². The SMILES string of the molecule is CC(COC(=O)OC(C)(C)C)OP(=O)(O)O. The summed E-state index contributed by atoms with van der Waals surface area (Å²) < 4.78 is 24.1. The van der Waals surface area contributed by atoms with Crippen LogP contribution < -0.4 is 0 Å². The van der Waals surface area contributed by atoms with Crippen molar-refractivity contribution in [2.45, 2.75) is 39.4 Å². The Labute approximate surface area is 93.9 Å². The molecule has 0 aliphatic rings. The molecule has 7 nitrogen and oxygen atoms in total. The Hall–Kier alpha value is -0.620. The molecule has 0 aromatic rings. The standard InChI is InChI=1S/C8H17O7P/c1-6(15-16(10,11)12)5-13-7(9)14-8(2,3)4/h6H,5H2,1-4H3,(H2,10,11,12). The van der Waals surface area contributed by atoms with Crippen LogP contribution in [-0.2, 0) is 18.6 Å². The van der Waals surface area contributed by atoms with Crippen LogP contribution in [0, 0.1) is 0 Å². The topological polar surface area (TPSA) is 102 Å². The highest BCUT2D eigenvalue weighted by Gasteiger charge is 2.22. The van der Waals surface area contributed by atoms with Crippen molar-refractivity contribution in [1.29, 1.82) is 0 Å². The Kier molecular flexibility index (Phi) is 5.41. The van der Waals surface area contributed by atoms with E-state index >= 15 is 0 Å². The van der Waals surface area contributed by atoms with E-state index in [0.717, 1.165) is 0 Å². The van der Waals surface area contributed by atoms with Crippen molar-refractivity contribution < 1.29 is 33.1 Å². The molecule has 0 fully saturated rings. The van der Waals surface area contributed by atoms with E-state index in [0.29, 0.717) is 0 Å². The molecule has 0 aliphatic carbocycles. The van der Waals surface area contributed by atoms with E-state index in [-0.39, 0.29) is 6.61 Å². The predicted octanol–water partition coefficient (Wildman–Crippen LogP) is 1.44. The van der Waals surface area contributed by atoms with Crippen LogP contribution >= 0.6 is 7.82 Å². The molecule has 8 heteroatoms. The van der Waals surface area contributed by atoms with Crippen molar-refractivity contribution in [2.24, 2.45) is 0 Å². The summed E-state index contributed by atoms with van der Waals surface area (Å²) in [6.45, 7) is 6.08. The van der Waals surface area contributed by atoms with Gasteiger partial charge in [0.1, 0.15) is 18.3 Å². The molecule has 0 saturated heterocycles. The molecule has 0 amide bonds. The molecule has 0 rings (SSSR count). The molecule has 16 heavy (non-hydrogen) atoms. The molecular formula is C8H17O7P. The quantitative estimate of drug-likeness (QED) is 0.579. The molecule has 0 aliphatic heterocycles. The van der Waals surface area contributed by atoms with Gasteiger partial charge >= 0.3 is 14.0 Å². The van der Waals surface area contributed by atoms with Gasteiger partial charge in [0.15, 0.2) is 0 Å². The van der Waals surface area contributed by atoms with Crippen molar-refractivity contribution >= 4 is 14.0 Å². The van der Waals surface area contributed by atoms with E-state index in [1.54, 1.807) is 20.8 Å². The Morgan fingerprint density at radius 1 is 1.38 bits per heavy atom. The van der Waals surface area contributed by atoms with Gasteiger partial charge in [-0.15, -0.1) is 0 Å². The van der Waals surface area contributed by atoms with Gasteiger partial charge in [-0.2, -0.15) is 0 Å². The van der Waals surface area contributed by atoms with E-state index < -0.39 is 25.7 Å². The van der Waals surface area contributed by atoms with Crippen LogP contribution in [0.3, 0.4) is 0 Å². The van der Waals surface area contributed by atoms with Crippen molar-refractivity contribution in [2.75, 3.05) is 6.61 Å². The van der Waals surface area contributed by atoms with Crippen molar-refractivity contribution in [3.63, 3.8) is 0 Å². The maximum atomic E-state index is 11.0. The molecule has 0 radical (unpaired) electrons. The molecule has 0 heterocycles. The van der Waals surface area contributed by atoms with Crippen LogP contribution in [-0.4, -0.2) is 34.3 Å². The van der Waals surface area contributed by atoms with Crippen LogP contribution in [0.1, 0.15) is 27.7 Å². The highest BCUT2D eigenvalue weighted by Crippen LogP contribution is 2.37. The second-order valence-corrected chi connectivity index (χ2v) is 5.37. The Balaban J connectivity index is 3.89. The summed E-state index contributed by atoms with van der Waals surface area (Å²) in [5, 5.41) is 0. The summed E-state index contributed by atoms with van der Waals surface area (Å²) in [6.07, 6.45) is -1.82. The molecule has 1 unspecified atom stereocenters. The smallest absolute Gasteiger partial charge is 0.432 e. The third-order valence-corrected chi connectivity index (χ3v) is 1.78. The highest BCUT2D eigenvalue weighted by molar-refractivity contribution is 7.46. The van der Waals surface area contributed by atoms with Crippen LogP contribution in [0.25, 0.3) is 0 Å². The zero-order valence-corrected chi connectivity index (χ0v) is 10.6. The number of phosphoric acid groups is 1. The molecule has 96 valence electrons. The Bertz CT molecular complexity index is 277. The first-order valence-corrected chi connectivity index (χ1v) is 6.12. The molecule has 0 spiro atoms. The number of phosphoric ester groups is 1. The van der Waals surface area contributed by atoms with Crippen LogP contribution in [0.5, 0.6) is 0 Å². The summed E-state index contributed by atoms with van der Waals surface area (Å²) in [5.74, 6) is 0. The Morgan fingerprint density at radius 3 is 2.25 bits per heavy atom. The minimum atomic E-state index is -4.55. The average Bonchev–Trinajstić information content (AvgIpc) is 1.94. The summed E-state index contributed by atoms with van der Waals surface area (Å²) in [4.78, 5) is 27.9. The van der Waals surface area contributed by atoms with Gasteiger partial charge in [0.05, 0.1) is 0 Å². The fourth-order valence-electron chi connectivity index (χ4n) is 0.730. The van der Waals surface area contributed by atoms with E-state index in [1.165, 1.54) is 6.92 Å². The van der Waals surface area contributed by atoms with Gasteiger partial charge < -0.3 is 19.3 Å². The molecular weight excluding hydrogens is 239 g/mol. The van der Waals surface area contributed by atoms with Crippen molar-refractivity contribution in [3.05, 3.63) is 0 Å². The lowest BCUT2D eigenvalue weighted by Gasteiger charge is -2.20. The third kappa shape index (κ3) is 9.92. The molecule has 0 saturated carbocycles. The van der Waals surface area contributed by atoms with Gasteiger partial charge in [0, 0.05) is 0 Å². The molecule has 0 aromatic heterocycles. The Morgan fingerprint density at radius 2 is 1.88 bits per heavy atom. The van der Waals surface area contributed by atoms with E-state index in [1.807, 2.05) is 0 Å². The third-order valence-electron chi connectivity index (χ3n) is 1.14. The lowest BCUT2D eigenvalue weighted by molar-refractivity contribution is -0.0223. The van der Waals surface area contributed by atoms with Gasteiger partial charge in [-0.25, -0.2) is 9.36 Å². The maximum absolute atomic E-state index is 11.0. The van der Waals surface area contributed by atoms with E-state index in [2.05, 4.69) is 9.26 Å². The summed E-state index contributed by atoms with van der Waals surface area (Å²) >= 11 is 0. The van der Waals surface area contributed by atoms with Gasteiger partial charge in [-0.1, -0.05) is 0 Å². The normalized spacial score (nSPS) is 14.4. The van der Waals surface area contributed by atoms with Gasteiger partial charge in [0.2, 0.25) is 0 Å².